The largest absolute Gasteiger partial charge is 0.392 e. The summed E-state index contributed by atoms with van der Waals surface area (Å²) >= 11 is 0. The quantitative estimate of drug-likeness (QED) is 0.571. The maximum atomic E-state index is 11.0. The van der Waals surface area contributed by atoms with Gasteiger partial charge in [-0.15, -0.1) is 0 Å². The van der Waals surface area contributed by atoms with Crippen LogP contribution in [0.5, 0.6) is 0 Å². The highest BCUT2D eigenvalue weighted by Crippen LogP contribution is 1.93. The Hall–Kier alpha value is -0.610. The van der Waals surface area contributed by atoms with Crippen LogP contribution < -0.4 is 5.32 Å². The van der Waals surface area contributed by atoms with Crippen LogP contribution in [0.15, 0.2) is 0 Å². The first kappa shape index (κ1) is 13.4. The fraction of sp³-hybridized carbons (Fsp3) is 0.900. The summed E-state index contributed by atoms with van der Waals surface area (Å²) in [6.45, 7) is 4.77. The van der Waals surface area contributed by atoms with E-state index in [9.17, 15) is 4.79 Å². The van der Waals surface area contributed by atoms with Gasteiger partial charge >= 0.3 is 0 Å². The number of ether oxygens (including phenoxy) is 1. The molecule has 1 unspecified atom stereocenters. The predicted octanol–water partition coefficient (Wildman–Crippen LogP) is 0.690. The summed E-state index contributed by atoms with van der Waals surface area (Å²) in [6.07, 6.45) is 2.78. The van der Waals surface area contributed by atoms with Gasteiger partial charge in [0.15, 0.2) is 0 Å². The van der Waals surface area contributed by atoms with Crippen LogP contribution in [0.4, 0.5) is 0 Å². The number of aliphatic hydroxyl groups excluding tert-OH is 1. The van der Waals surface area contributed by atoms with E-state index in [2.05, 4.69) is 12.2 Å². The van der Waals surface area contributed by atoms with Crippen molar-refractivity contribution in [3.05, 3.63) is 0 Å². The Morgan fingerprint density at radius 3 is 2.79 bits per heavy atom. The summed E-state index contributed by atoms with van der Waals surface area (Å²) < 4.78 is 5.14. The topological polar surface area (TPSA) is 58.6 Å². The molecule has 84 valence electrons. The predicted molar refractivity (Wildman–Crippen MR) is 55.0 cm³/mol. The summed E-state index contributed by atoms with van der Waals surface area (Å²) in [4.78, 5) is 11.0. The van der Waals surface area contributed by atoms with E-state index in [-0.39, 0.29) is 19.1 Å². The van der Waals surface area contributed by atoms with Crippen LogP contribution in [0.1, 0.15) is 33.1 Å². The summed E-state index contributed by atoms with van der Waals surface area (Å²) in [5.74, 6) is -0.164. The fourth-order valence-corrected chi connectivity index (χ4v) is 0.932. The number of hydrogen-bond donors (Lipinski definition) is 2. The van der Waals surface area contributed by atoms with Crippen LogP contribution >= 0.6 is 0 Å². The maximum absolute atomic E-state index is 11.0. The number of carbonyl (C=O) groups excluding carboxylic acids is 1. The molecule has 0 spiro atoms. The molecular formula is C10H21NO3. The number of nitrogens with one attached hydrogen (secondary N) is 1. The third kappa shape index (κ3) is 9.48. The molecule has 1 amide bonds. The van der Waals surface area contributed by atoms with Crippen LogP contribution in [0, 0.1) is 0 Å². The smallest absolute Gasteiger partial charge is 0.246 e. The van der Waals surface area contributed by atoms with Crippen molar-refractivity contribution in [2.75, 3.05) is 19.8 Å². The summed E-state index contributed by atoms with van der Waals surface area (Å²) in [5, 5.41) is 11.4. The average Bonchev–Trinajstić information content (AvgIpc) is 2.14. The second-order valence-corrected chi connectivity index (χ2v) is 3.41. The molecular weight excluding hydrogens is 182 g/mol. The number of rotatable bonds is 8. The summed E-state index contributed by atoms with van der Waals surface area (Å²) in [7, 11) is 0. The van der Waals surface area contributed by atoms with Gasteiger partial charge in [0, 0.05) is 13.2 Å². The van der Waals surface area contributed by atoms with Crippen molar-refractivity contribution in [3.8, 4) is 0 Å². The molecule has 4 nitrogen and oxygen atoms in total. The van der Waals surface area contributed by atoms with Crippen LogP contribution in [0.2, 0.25) is 0 Å². The van der Waals surface area contributed by atoms with E-state index in [4.69, 9.17) is 9.84 Å². The van der Waals surface area contributed by atoms with Gasteiger partial charge in [0.05, 0.1) is 6.10 Å². The van der Waals surface area contributed by atoms with Crippen LogP contribution in [-0.4, -0.2) is 36.9 Å². The second kappa shape index (κ2) is 8.97. The molecule has 0 aromatic rings. The maximum Gasteiger partial charge on any atom is 0.246 e. The highest BCUT2D eigenvalue weighted by atomic mass is 16.5. The van der Waals surface area contributed by atoms with E-state index in [0.717, 1.165) is 19.3 Å². The van der Waals surface area contributed by atoms with E-state index in [1.807, 2.05) is 0 Å². The normalized spacial score (nSPS) is 12.5. The van der Waals surface area contributed by atoms with Gasteiger partial charge in [-0.25, -0.2) is 0 Å². The Morgan fingerprint density at radius 2 is 2.21 bits per heavy atom. The van der Waals surface area contributed by atoms with Gasteiger partial charge < -0.3 is 15.2 Å². The molecule has 4 heteroatoms. The van der Waals surface area contributed by atoms with E-state index >= 15 is 0 Å². The lowest BCUT2D eigenvalue weighted by atomic mass is 10.3. The number of aliphatic hydroxyl groups is 1. The van der Waals surface area contributed by atoms with Crippen LogP contribution in [0.25, 0.3) is 0 Å². The standard InChI is InChI=1S/C10H21NO3/c1-3-4-5-6-14-8-10(13)11-7-9(2)12/h9,12H,3-8H2,1-2H3,(H,11,13). The molecule has 0 radical (unpaired) electrons. The lowest BCUT2D eigenvalue weighted by molar-refractivity contribution is -0.126. The van der Waals surface area contributed by atoms with Gasteiger partial charge in [-0.05, 0) is 13.3 Å². The van der Waals surface area contributed by atoms with E-state index in [0.29, 0.717) is 6.61 Å². The molecule has 0 saturated carbocycles. The first-order valence-electron chi connectivity index (χ1n) is 5.19. The van der Waals surface area contributed by atoms with Gasteiger partial charge in [0.1, 0.15) is 6.61 Å². The first-order valence-corrected chi connectivity index (χ1v) is 5.19. The monoisotopic (exact) mass is 203 g/mol. The zero-order valence-corrected chi connectivity index (χ0v) is 9.08. The van der Waals surface area contributed by atoms with E-state index < -0.39 is 6.10 Å². The molecule has 0 heterocycles. The zero-order chi connectivity index (χ0) is 10.8. The van der Waals surface area contributed by atoms with Gasteiger partial charge in [0.2, 0.25) is 5.91 Å². The lowest BCUT2D eigenvalue weighted by Crippen LogP contribution is -2.33. The third-order valence-electron chi connectivity index (χ3n) is 1.72. The van der Waals surface area contributed by atoms with Gasteiger partial charge in [-0.1, -0.05) is 19.8 Å². The van der Waals surface area contributed by atoms with Gasteiger partial charge in [0.25, 0.3) is 0 Å². The van der Waals surface area contributed by atoms with E-state index in [1.54, 1.807) is 6.92 Å². The Bertz CT molecular complexity index is 148. The number of carbonyl (C=O) groups is 1. The van der Waals surface area contributed by atoms with Crippen molar-refractivity contribution in [2.45, 2.75) is 39.2 Å². The number of amides is 1. The molecule has 0 fully saturated rings. The van der Waals surface area contributed by atoms with Crippen molar-refractivity contribution in [1.29, 1.82) is 0 Å². The first-order chi connectivity index (χ1) is 6.66. The third-order valence-corrected chi connectivity index (χ3v) is 1.72. The molecule has 0 bridgehead atoms. The lowest BCUT2D eigenvalue weighted by Gasteiger charge is -2.07. The van der Waals surface area contributed by atoms with Crippen molar-refractivity contribution in [2.24, 2.45) is 0 Å². The highest BCUT2D eigenvalue weighted by Gasteiger charge is 2.02. The summed E-state index contributed by atoms with van der Waals surface area (Å²) in [5.41, 5.74) is 0. The Kier molecular flexibility index (Phi) is 8.57. The molecule has 0 saturated heterocycles. The Morgan fingerprint density at radius 1 is 1.50 bits per heavy atom. The van der Waals surface area contributed by atoms with Crippen molar-refractivity contribution < 1.29 is 14.6 Å². The van der Waals surface area contributed by atoms with Crippen molar-refractivity contribution in [1.82, 2.24) is 5.32 Å². The van der Waals surface area contributed by atoms with Crippen LogP contribution in [0.3, 0.4) is 0 Å². The van der Waals surface area contributed by atoms with Crippen molar-refractivity contribution >= 4 is 5.91 Å². The number of hydrogen-bond acceptors (Lipinski definition) is 3. The average molecular weight is 203 g/mol. The van der Waals surface area contributed by atoms with Crippen LogP contribution in [-0.2, 0) is 9.53 Å². The van der Waals surface area contributed by atoms with Crippen molar-refractivity contribution in [3.63, 3.8) is 0 Å². The molecule has 0 aromatic carbocycles. The second-order valence-electron chi connectivity index (χ2n) is 3.41. The molecule has 1 atom stereocenters. The minimum Gasteiger partial charge on any atom is -0.392 e. The Balaban J connectivity index is 3.18. The fourth-order valence-electron chi connectivity index (χ4n) is 0.932. The summed E-state index contributed by atoms with van der Waals surface area (Å²) in [6, 6.07) is 0. The minimum absolute atomic E-state index is 0.0937. The molecule has 0 aliphatic rings. The van der Waals surface area contributed by atoms with Gasteiger partial charge in [-0.3, -0.25) is 4.79 Å². The molecule has 14 heavy (non-hydrogen) atoms. The molecule has 0 rings (SSSR count). The minimum atomic E-state index is -0.501. The number of unbranched alkanes of at least 4 members (excludes halogenated alkanes) is 2. The highest BCUT2D eigenvalue weighted by molar-refractivity contribution is 5.77. The molecule has 0 aliphatic heterocycles. The van der Waals surface area contributed by atoms with E-state index in [1.165, 1.54) is 0 Å². The van der Waals surface area contributed by atoms with Gasteiger partial charge in [-0.2, -0.15) is 0 Å². The molecule has 0 aromatic heterocycles. The molecule has 2 N–H and O–H groups in total. The Labute approximate surface area is 85.6 Å². The zero-order valence-electron chi connectivity index (χ0n) is 9.08. The SMILES string of the molecule is CCCCCOCC(=O)NCC(C)O. The molecule has 0 aliphatic carbocycles.